The van der Waals surface area contributed by atoms with E-state index in [2.05, 4.69) is 29.2 Å². The van der Waals surface area contributed by atoms with Crippen molar-refractivity contribution in [2.24, 2.45) is 0 Å². The first kappa shape index (κ1) is 18.9. The van der Waals surface area contributed by atoms with Gasteiger partial charge in [0.2, 0.25) is 0 Å². The van der Waals surface area contributed by atoms with Gasteiger partial charge in [-0.1, -0.05) is 54.1 Å². The van der Waals surface area contributed by atoms with Crippen molar-refractivity contribution in [2.75, 3.05) is 26.3 Å². The first-order valence-electron chi connectivity index (χ1n) is 8.97. The molecule has 1 unspecified atom stereocenters. The van der Waals surface area contributed by atoms with Crippen molar-refractivity contribution in [2.45, 2.75) is 25.5 Å². The van der Waals surface area contributed by atoms with Crippen molar-refractivity contribution in [3.8, 4) is 0 Å². The Morgan fingerprint density at radius 1 is 1.12 bits per heavy atom. The molecule has 0 amide bonds. The monoisotopic (exact) mass is 373 g/mol. The largest absolute Gasteiger partial charge is 0.463 e. The molecule has 0 aromatic heterocycles. The summed E-state index contributed by atoms with van der Waals surface area (Å²) in [4.78, 5) is 14.3. The van der Waals surface area contributed by atoms with Crippen LogP contribution in [0.15, 0.2) is 54.6 Å². The van der Waals surface area contributed by atoms with Crippen LogP contribution < -0.4 is 0 Å². The highest BCUT2D eigenvalue weighted by Crippen LogP contribution is 2.13. The van der Waals surface area contributed by atoms with Crippen LogP contribution in [0.3, 0.4) is 0 Å². The predicted octanol–water partition coefficient (Wildman–Crippen LogP) is 3.72. The fourth-order valence-corrected chi connectivity index (χ4v) is 3.15. The average Bonchev–Trinajstić information content (AvgIpc) is 2.67. The van der Waals surface area contributed by atoms with Crippen LogP contribution in [-0.2, 0) is 27.2 Å². The molecule has 1 fully saturated rings. The minimum atomic E-state index is -0.191. The summed E-state index contributed by atoms with van der Waals surface area (Å²) in [5.74, 6) is -0.191. The van der Waals surface area contributed by atoms with Crippen molar-refractivity contribution in [1.29, 1.82) is 0 Å². The second-order valence-electron chi connectivity index (χ2n) is 6.52. The number of morpholine rings is 1. The minimum absolute atomic E-state index is 0.0630. The molecule has 2 aromatic carbocycles. The fraction of sp³-hybridized carbons (Fsp3) is 0.381. The van der Waals surface area contributed by atoms with E-state index in [9.17, 15) is 4.79 Å². The van der Waals surface area contributed by atoms with E-state index in [1.54, 1.807) is 0 Å². The van der Waals surface area contributed by atoms with Gasteiger partial charge < -0.3 is 9.47 Å². The van der Waals surface area contributed by atoms with Crippen LogP contribution in [0.4, 0.5) is 0 Å². The fourth-order valence-electron chi connectivity index (χ4n) is 3.02. The Balaban J connectivity index is 1.38. The molecule has 4 nitrogen and oxygen atoms in total. The molecule has 1 aliphatic heterocycles. The number of aryl methyl sites for hydroxylation is 1. The van der Waals surface area contributed by atoms with Gasteiger partial charge in [-0.15, -0.1) is 0 Å². The Kier molecular flexibility index (Phi) is 7.06. The van der Waals surface area contributed by atoms with Crippen LogP contribution in [0.5, 0.6) is 0 Å². The molecular formula is C21H24ClNO3. The molecule has 0 bridgehead atoms. The van der Waals surface area contributed by atoms with Gasteiger partial charge in [-0.05, 0) is 29.7 Å². The molecule has 0 aliphatic carbocycles. The summed E-state index contributed by atoms with van der Waals surface area (Å²) in [5, 5.41) is 0.700. The lowest BCUT2D eigenvalue weighted by molar-refractivity contribution is -0.150. The zero-order valence-corrected chi connectivity index (χ0v) is 15.5. The van der Waals surface area contributed by atoms with E-state index < -0.39 is 0 Å². The molecule has 138 valence electrons. The molecule has 3 rings (SSSR count). The minimum Gasteiger partial charge on any atom is -0.463 e. The van der Waals surface area contributed by atoms with E-state index in [4.69, 9.17) is 21.1 Å². The number of ether oxygens (including phenoxy) is 2. The van der Waals surface area contributed by atoms with Gasteiger partial charge >= 0.3 is 5.97 Å². The molecule has 5 heteroatoms. The van der Waals surface area contributed by atoms with Crippen LogP contribution in [0.25, 0.3) is 0 Å². The molecule has 1 aliphatic rings. The third-order valence-electron chi connectivity index (χ3n) is 4.43. The van der Waals surface area contributed by atoms with E-state index in [0.717, 1.165) is 25.2 Å². The highest BCUT2D eigenvalue weighted by molar-refractivity contribution is 6.30. The smallest absolute Gasteiger partial charge is 0.306 e. The molecule has 0 radical (unpaired) electrons. The van der Waals surface area contributed by atoms with Crippen LogP contribution in [-0.4, -0.2) is 43.3 Å². The molecular weight excluding hydrogens is 350 g/mol. The van der Waals surface area contributed by atoms with Gasteiger partial charge in [0.15, 0.2) is 0 Å². The second kappa shape index (κ2) is 9.72. The van der Waals surface area contributed by atoms with Gasteiger partial charge in [0.05, 0.1) is 6.61 Å². The maximum Gasteiger partial charge on any atom is 0.306 e. The van der Waals surface area contributed by atoms with Crippen LogP contribution in [0, 0.1) is 0 Å². The Hall–Kier alpha value is -1.88. The van der Waals surface area contributed by atoms with Crippen LogP contribution >= 0.6 is 11.6 Å². The number of nitrogens with zero attached hydrogens (tertiary/aromatic N) is 1. The summed E-state index contributed by atoms with van der Waals surface area (Å²) >= 11 is 5.86. The summed E-state index contributed by atoms with van der Waals surface area (Å²) in [6.07, 6.45) is 0.955. The Bertz CT molecular complexity index is 690. The summed E-state index contributed by atoms with van der Waals surface area (Å²) in [6.45, 7) is 3.55. The quantitative estimate of drug-likeness (QED) is 0.693. The molecule has 0 saturated carbocycles. The summed E-state index contributed by atoms with van der Waals surface area (Å²) in [6, 6.07) is 17.9. The second-order valence-corrected chi connectivity index (χ2v) is 6.96. The van der Waals surface area contributed by atoms with Gasteiger partial charge in [-0.25, -0.2) is 0 Å². The number of benzene rings is 2. The number of hydrogen-bond donors (Lipinski definition) is 0. The van der Waals surface area contributed by atoms with Crippen molar-refractivity contribution in [3.63, 3.8) is 0 Å². The van der Waals surface area contributed by atoms with E-state index in [1.807, 2.05) is 30.3 Å². The lowest BCUT2D eigenvalue weighted by Gasteiger charge is -2.32. The number of halogens is 1. The molecule has 2 aromatic rings. The molecule has 1 saturated heterocycles. The first-order valence-corrected chi connectivity index (χ1v) is 9.35. The van der Waals surface area contributed by atoms with Gasteiger partial charge in [-0.3, -0.25) is 9.69 Å². The zero-order valence-electron chi connectivity index (χ0n) is 14.8. The Labute approximate surface area is 159 Å². The third kappa shape index (κ3) is 6.13. The number of carbonyl (C=O) groups is 1. The van der Waals surface area contributed by atoms with Gasteiger partial charge in [-0.2, -0.15) is 0 Å². The number of rotatable bonds is 7. The first-order chi connectivity index (χ1) is 12.7. The molecule has 26 heavy (non-hydrogen) atoms. The summed E-state index contributed by atoms with van der Waals surface area (Å²) < 4.78 is 11.1. The van der Waals surface area contributed by atoms with E-state index in [-0.39, 0.29) is 12.1 Å². The highest BCUT2D eigenvalue weighted by Gasteiger charge is 2.21. The summed E-state index contributed by atoms with van der Waals surface area (Å²) in [7, 11) is 0. The normalized spacial score (nSPS) is 17.8. The molecule has 0 spiro atoms. The standard InChI is InChI=1S/C21H24ClNO3/c22-19-9-6-17(7-10-19)8-11-21(24)26-16-20-15-23(12-13-25-20)14-18-4-2-1-3-5-18/h1-7,9-10,20H,8,11-16H2. The molecule has 0 N–H and O–H groups in total. The Morgan fingerprint density at radius 2 is 1.88 bits per heavy atom. The average molecular weight is 374 g/mol. The lowest BCUT2D eigenvalue weighted by atomic mass is 10.1. The molecule has 1 atom stereocenters. The van der Waals surface area contributed by atoms with Crippen molar-refractivity contribution in [1.82, 2.24) is 4.90 Å². The highest BCUT2D eigenvalue weighted by atomic mass is 35.5. The van der Waals surface area contributed by atoms with Gasteiger partial charge in [0, 0.05) is 31.1 Å². The summed E-state index contributed by atoms with van der Waals surface area (Å²) in [5.41, 5.74) is 2.36. The Morgan fingerprint density at radius 3 is 2.65 bits per heavy atom. The van der Waals surface area contributed by atoms with E-state index in [1.165, 1.54) is 5.56 Å². The van der Waals surface area contributed by atoms with Crippen molar-refractivity contribution < 1.29 is 14.3 Å². The van der Waals surface area contributed by atoms with Gasteiger partial charge in [0.25, 0.3) is 0 Å². The van der Waals surface area contributed by atoms with E-state index in [0.29, 0.717) is 31.1 Å². The molecule has 1 heterocycles. The predicted molar refractivity (Wildman–Crippen MR) is 102 cm³/mol. The van der Waals surface area contributed by atoms with Crippen LogP contribution in [0.2, 0.25) is 5.02 Å². The SMILES string of the molecule is O=C(CCc1ccc(Cl)cc1)OCC1CN(Cc2ccccc2)CCO1. The topological polar surface area (TPSA) is 38.8 Å². The maximum absolute atomic E-state index is 12.0. The van der Waals surface area contributed by atoms with E-state index >= 15 is 0 Å². The lowest BCUT2D eigenvalue weighted by Crippen LogP contribution is -2.44. The number of hydrogen-bond acceptors (Lipinski definition) is 4. The van der Waals surface area contributed by atoms with Gasteiger partial charge in [0.1, 0.15) is 12.7 Å². The zero-order chi connectivity index (χ0) is 18.2. The van der Waals surface area contributed by atoms with Crippen molar-refractivity contribution in [3.05, 3.63) is 70.7 Å². The maximum atomic E-state index is 12.0. The van der Waals surface area contributed by atoms with Crippen molar-refractivity contribution >= 4 is 17.6 Å². The number of esters is 1. The van der Waals surface area contributed by atoms with Crippen LogP contribution in [0.1, 0.15) is 17.5 Å². The third-order valence-corrected chi connectivity index (χ3v) is 4.69. The number of carbonyl (C=O) groups excluding carboxylic acids is 1.